The monoisotopic (exact) mass is 329 g/mol. The van der Waals surface area contributed by atoms with E-state index in [0.717, 1.165) is 24.1 Å². The zero-order valence-corrected chi connectivity index (χ0v) is 14.6. The topological polar surface area (TPSA) is 52.7 Å². The summed E-state index contributed by atoms with van der Waals surface area (Å²) in [5, 5.41) is 2.89. The van der Waals surface area contributed by atoms with E-state index in [1.54, 1.807) is 4.90 Å². The third-order valence-corrected chi connectivity index (χ3v) is 4.24. The number of hydrogen-bond donors (Lipinski definition) is 1. The molecule has 1 unspecified atom stereocenters. The van der Waals surface area contributed by atoms with E-state index in [-0.39, 0.29) is 17.9 Å². The lowest BCUT2D eigenvalue weighted by molar-refractivity contribution is -0.136. The highest BCUT2D eigenvalue weighted by Crippen LogP contribution is 2.20. The van der Waals surface area contributed by atoms with Gasteiger partial charge in [-0.25, -0.2) is 4.79 Å². The maximum Gasteiger partial charge on any atom is 0.321 e. The van der Waals surface area contributed by atoms with Crippen LogP contribution in [0.25, 0.3) is 0 Å². The average molecular weight is 329 g/mol. The van der Waals surface area contributed by atoms with Crippen LogP contribution in [-0.2, 0) is 4.79 Å². The lowest BCUT2D eigenvalue weighted by Gasteiger charge is -2.34. The zero-order chi connectivity index (χ0) is 17.5. The number of amides is 3. The molecule has 5 nitrogen and oxygen atoms in total. The van der Waals surface area contributed by atoms with Crippen molar-refractivity contribution in [2.45, 2.75) is 26.7 Å². The fraction of sp³-hybridized carbons (Fsp3) is 0.474. The SMILES string of the molecule is C=C(C)CN(CC)C(=O)C1CCCN(C(=O)Nc2ccccc2)C1. The second kappa shape index (κ2) is 8.52. The molecule has 0 saturated carbocycles. The number of anilines is 1. The number of benzene rings is 1. The molecule has 1 aliphatic heterocycles. The van der Waals surface area contributed by atoms with Crippen molar-refractivity contribution in [2.24, 2.45) is 5.92 Å². The van der Waals surface area contributed by atoms with E-state index in [4.69, 9.17) is 0 Å². The Balaban J connectivity index is 1.96. The first-order chi connectivity index (χ1) is 11.5. The highest BCUT2D eigenvalue weighted by molar-refractivity contribution is 5.90. The van der Waals surface area contributed by atoms with Gasteiger partial charge in [-0.2, -0.15) is 0 Å². The number of carbonyl (C=O) groups excluding carboxylic acids is 2. The van der Waals surface area contributed by atoms with Crippen LogP contribution in [0, 0.1) is 5.92 Å². The Kier molecular flexibility index (Phi) is 6.41. The molecule has 1 atom stereocenters. The highest BCUT2D eigenvalue weighted by Gasteiger charge is 2.30. The molecule has 1 aromatic rings. The van der Waals surface area contributed by atoms with Gasteiger partial charge in [-0.05, 0) is 38.8 Å². The van der Waals surface area contributed by atoms with Crippen molar-refractivity contribution in [1.82, 2.24) is 9.80 Å². The molecule has 0 spiro atoms. The Labute approximate surface area is 144 Å². The molecule has 0 bridgehead atoms. The number of carbonyl (C=O) groups is 2. The lowest BCUT2D eigenvalue weighted by atomic mass is 9.96. The summed E-state index contributed by atoms with van der Waals surface area (Å²) in [6.45, 7) is 10.2. The molecular formula is C19H27N3O2. The molecule has 24 heavy (non-hydrogen) atoms. The lowest BCUT2D eigenvalue weighted by Crippen LogP contribution is -2.48. The van der Waals surface area contributed by atoms with Gasteiger partial charge in [0.05, 0.1) is 5.92 Å². The average Bonchev–Trinajstić information content (AvgIpc) is 2.60. The Bertz CT molecular complexity index is 586. The first-order valence-corrected chi connectivity index (χ1v) is 8.55. The summed E-state index contributed by atoms with van der Waals surface area (Å²) in [4.78, 5) is 28.7. The molecule has 1 N–H and O–H groups in total. The van der Waals surface area contributed by atoms with Crippen LogP contribution in [0.1, 0.15) is 26.7 Å². The van der Waals surface area contributed by atoms with Crippen LogP contribution < -0.4 is 5.32 Å². The van der Waals surface area contributed by atoms with E-state index in [1.807, 2.05) is 49.1 Å². The Morgan fingerprint density at radius 1 is 1.33 bits per heavy atom. The molecule has 5 heteroatoms. The Morgan fingerprint density at radius 2 is 2.04 bits per heavy atom. The first kappa shape index (κ1) is 18.0. The standard InChI is InChI=1S/C19H27N3O2/c1-4-21(13-15(2)3)18(23)16-9-8-12-22(14-16)19(24)20-17-10-6-5-7-11-17/h5-7,10-11,16H,2,4,8-9,12-14H2,1,3H3,(H,20,24). The van der Waals surface area contributed by atoms with Gasteiger partial charge in [0, 0.05) is 31.9 Å². The number of nitrogens with zero attached hydrogens (tertiary/aromatic N) is 2. The third kappa shape index (κ3) is 4.85. The molecular weight excluding hydrogens is 302 g/mol. The largest absolute Gasteiger partial charge is 0.339 e. The normalized spacial score (nSPS) is 17.2. The van der Waals surface area contributed by atoms with Crippen molar-refractivity contribution in [3.63, 3.8) is 0 Å². The van der Waals surface area contributed by atoms with Crippen molar-refractivity contribution < 1.29 is 9.59 Å². The number of urea groups is 1. The fourth-order valence-electron chi connectivity index (χ4n) is 3.02. The minimum Gasteiger partial charge on any atom is -0.339 e. The number of piperidine rings is 1. The minimum atomic E-state index is -0.137. The molecule has 1 aromatic carbocycles. The molecule has 0 aromatic heterocycles. The number of rotatable bonds is 5. The van der Waals surface area contributed by atoms with E-state index in [0.29, 0.717) is 26.2 Å². The second-order valence-corrected chi connectivity index (χ2v) is 6.39. The van der Waals surface area contributed by atoms with E-state index in [9.17, 15) is 9.59 Å². The van der Waals surface area contributed by atoms with Crippen molar-refractivity contribution in [1.29, 1.82) is 0 Å². The highest BCUT2D eigenvalue weighted by atomic mass is 16.2. The van der Waals surface area contributed by atoms with Gasteiger partial charge in [0.1, 0.15) is 0 Å². The van der Waals surface area contributed by atoms with Crippen molar-refractivity contribution in [3.8, 4) is 0 Å². The minimum absolute atomic E-state index is 0.123. The fourth-order valence-corrected chi connectivity index (χ4v) is 3.02. The number of likely N-dealkylation sites (tertiary alicyclic amines) is 1. The smallest absolute Gasteiger partial charge is 0.321 e. The van der Waals surface area contributed by atoms with Crippen LogP contribution in [0.2, 0.25) is 0 Å². The molecule has 0 radical (unpaired) electrons. The Hall–Kier alpha value is -2.30. The van der Waals surface area contributed by atoms with Gasteiger partial charge >= 0.3 is 6.03 Å². The van der Waals surface area contributed by atoms with Crippen LogP contribution in [0.15, 0.2) is 42.5 Å². The van der Waals surface area contributed by atoms with Gasteiger partial charge in [-0.15, -0.1) is 0 Å². The number of likely N-dealkylation sites (N-methyl/N-ethyl adjacent to an activating group) is 1. The summed E-state index contributed by atoms with van der Waals surface area (Å²) in [6, 6.07) is 9.25. The summed E-state index contributed by atoms with van der Waals surface area (Å²) >= 11 is 0. The van der Waals surface area contributed by atoms with E-state index in [1.165, 1.54) is 0 Å². The van der Waals surface area contributed by atoms with Crippen LogP contribution in [-0.4, -0.2) is 47.9 Å². The number of nitrogens with one attached hydrogen (secondary N) is 1. The third-order valence-electron chi connectivity index (χ3n) is 4.24. The summed E-state index contributed by atoms with van der Waals surface area (Å²) in [6.07, 6.45) is 1.68. The predicted octanol–water partition coefficient (Wildman–Crippen LogP) is 3.36. The first-order valence-electron chi connectivity index (χ1n) is 8.55. The van der Waals surface area contributed by atoms with Crippen molar-refractivity contribution in [2.75, 3.05) is 31.5 Å². The maximum absolute atomic E-state index is 12.7. The van der Waals surface area contributed by atoms with Crippen molar-refractivity contribution in [3.05, 3.63) is 42.5 Å². The van der Waals surface area contributed by atoms with Gasteiger partial charge < -0.3 is 15.1 Å². The van der Waals surface area contributed by atoms with Gasteiger partial charge in [-0.1, -0.05) is 30.4 Å². The van der Waals surface area contributed by atoms with Gasteiger partial charge in [0.25, 0.3) is 0 Å². The van der Waals surface area contributed by atoms with Crippen LogP contribution in [0.4, 0.5) is 10.5 Å². The van der Waals surface area contributed by atoms with Gasteiger partial charge in [-0.3, -0.25) is 4.79 Å². The van der Waals surface area contributed by atoms with Gasteiger partial charge in [0.15, 0.2) is 0 Å². The zero-order valence-electron chi connectivity index (χ0n) is 14.6. The summed E-state index contributed by atoms with van der Waals surface area (Å²) in [5.74, 6) is -0.00251. The quantitative estimate of drug-likeness (QED) is 0.842. The molecule has 1 aliphatic rings. The number of para-hydroxylation sites is 1. The predicted molar refractivity (Wildman–Crippen MR) is 96.8 cm³/mol. The van der Waals surface area contributed by atoms with E-state index < -0.39 is 0 Å². The number of hydrogen-bond acceptors (Lipinski definition) is 2. The summed E-state index contributed by atoms with van der Waals surface area (Å²) < 4.78 is 0. The van der Waals surface area contributed by atoms with Crippen LogP contribution >= 0.6 is 0 Å². The Morgan fingerprint density at radius 3 is 2.67 bits per heavy atom. The second-order valence-electron chi connectivity index (χ2n) is 6.39. The molecule has 1 fully saturated rings. The molecule has 0 aliphatic carbocycles. The molecule has 130 valence electrons. The summed E-state index contributed by atoms with van der Waals surface area (Å²) in [7, 11) is 0. The van der Waals surface area contributed by atoms with E-state index >= 15 is 0 Å². The molecule has 1 saturated heterocycles. The van der Waals surface area contributed by atoms with Crippen molar-refractivity contribution >= 4 is 17.6 Å². The van der Waals surface area contributed by atoms with E-state index in [2.05, 4.69) is 11.9 Å². The van der Waals surface area contributed by atoms with Crippen LogP contribution in [0.5, 0.6) is 0 Å². The molecule has 2 rings (SSSR count). The molecule has 1 heterocycles. The van der Waals surface area contributed by atoms with Gasteiger partial charge in [0.2, 0.25) is 5.91 Å². The molecule has 3 amide bonds. The summed E-state index contributed by atoms with van der Waals surface area (Å²) in [5.41, 5.74) is 1.74. The van der Waals surface area contributed by atoms with Crippen LogP contribution in [0.3, 0.4) is 0 Å². The maximum atomic E-state index is 12.7.